The van der Waals surface area contributed by atoms with Crippen molar-refractivity contribution in [2.45, 2.75) is 19.4 Å². The van der Waals surface area contributed by atoms with Gasteiger partial charge in [-0.1, -0.05) is 6.07 Å². The van der Waals surface area contributed by atoms with Crippen LogP contribution >= 0.6 is 12.4 Å². The highest BCUT2D eigenvalue weighted by Crippen LogP contribution is 2.25. The fourth-order valence-corrected chi connectivity index (χ4v) is 1.47. The van der Waals surface area contributed by atoms with Crippen LogP contribution in [0.15, 0.2) is 18.2 Å². The zero-order chi connectivity index (χ0) is 15.1. The third-order valence-corrected chi connectivity index (χ3v) is 2.43. The van der Waals surface area contributed by atoms with Gasteiger partial charge in [0, 0.05) is 6.92 Å². The summed E-state index contributed by atoms with van der Waals surface area (Å²) >= 11 is 0. The Kier molecular flexibility index (Phi) is 8.18. The molecule has 0 heterocycles. The Labute approximate surface area is 128 Å². The van der Waals surface area contributed by atoms with Crippen molar-refractivity contribution >= 4 is 24.3 Å². The molecule has 0 unspecified atom stereocenters. The summed E-state index contributed by atoms with van der Waals surface area (Å²) < 4.78 is 9.43. The van der Waals surface area contributed by atoms with E-state index in [2.05, 4.69) is 4.74 Å². The minimum Gasteiger partial charge on any atom is -0.504 e. The van der Waals surface area contributed by atoms with E-state index in [0.717, 1.165) is 0 Å². The minimum atomic E-state index is -0.906. The zero-order valence-electron chi connectivity index (χ0n) is 11.4. The monoisotopic (exact) mass is 319 g/mol. The molecule has 0 aromatic heterocycles. The molecule has 0 radical (unpaired) electrons. The second-order valence-corrected chi connectivity index (χ2v) is 4.14. The van der Waals surface area contributed by atoms with Gasteiger partial charge in [0.2, 0.25) is 0 Å². The first-order chi connectivity index (χ1) is 9.40. The number of carbonyl (C=O) groups is 2. The van der Waals surface area contributed by atoms with E-state index in [1.165, 1.54) is 19.1 Å². The SMILES string of the molecule is CC(=O)OCCOC(=O)[C@@H](N)Cc1ccc(O)c(O)c1.Cl. The molecule has 21 heavy (non-hydrogen) atoms. The van der Waals surface area contributed by atoms with Gasteiger partial charge in [0.1, 0.15) is 19.3 Å². The van der Waals surface area contributed by atoms with E-state index in [-0.39, 0.29) is 43.5 Å². The maximum Gasteiger partial charge on any atom is 0.323 e. The highest BCUT2D eigenvalue weighted by Gasteiger charge is 2.16. The molecule has 1 aromatic rings. The number of aromatic hydroxyl groups is 2. The number of phenolic OH excluding ortho intramolecular Hbond substituents is 2. The number of ether oxygens (including phenoxy) is 2. The van der Waals surface area contributed by atoms with Gasteiger partial charge >= 0.3 is 11.9 Å². The Morgan fingerprint density at radius 1 is 1.19 bits per heavy atom. The van der Waals surface area contributed by atoms with Crippen molar-refractivity contribution in [3.63, 3.8) is 0 Å². The summed E-state index contributed by atoms with van der Waals surface area (Å²) in [6, 6.07) is 3.27. The molecule has 0 bridgehead atoms. The van der Waals surface area contributed by atoms with Crippen molar-refractivity contribution in [3.05, 3.63) is 23.8 Å². The average molecular weight is 320 g/mol. The van der Waals surface area contributed by atoms with Crippen molar-refractivity contribution < 1.29 is 29.3 Å². The third kappa shape index (κ3) is 6.82. The number of halogens is 1. The van der Waals surface area contributed by atoms with Gasteiger partial charge < -0.3 is 25.4 Å². The predicted molar refractivity (Wildman–Crippen MR) is 76.3 cm³/mol. The quantitative estimate of drug-likeness (QED) is 0.396. The van der Waals surface area contributed by atoms with E-state index in [1.54, 1.807) is 6.07 Å². The summed E-state index contributed by atoms with van der Waals surface area (Å²) in [7, 11) is 0. The summed E-state index contributed by atoms with van der Waals surface area (Å²) in [5, 5.41) is 18.5. The predicted octanol–water partition coefficient (Wildman–Crippen LogP) is 0.496. The molecule has 0 aliphatic rings. The maximum atomic E-state index is 11.5. The first kappa shape index (κ1) is 19.0. The van der Waals surface area contributed by atoms with Crippen LogP contribution in [-0.4, -0.2) is 41.4 Å². The molecule has 0 aliphatic heterocycles. The van der Waals surface area contributed by atoms with Crippen LogP contribution < -0.4 is 5.73 Å². The van der Waals surface area contributed by atoms with Crippen molar-refractivity contribution in [1.29, 1.82) is 0 Å². The summed E-state index contributed by atoms with van der Waals surface area (Å²) in [6.45, 7) is 1.17. The Hall–Kier alpha value is -1.99. The van der Waals surface area contributed by atoms with Crippen LogP contribution in [0.5, 0.6) is 11.5 Å². The summed E-state index contributed by atoms with van der Waals surface area (Å²) in [5.41, 5.74) is 6.24. The molecule has 0 saturated heterocycles. The lowest BCUT2D eigenvalue weighted by atomic mass is 10.1. The van der Waals surface area contributed by atoms with E-state index in [1.807, 2.05) is 0 Å². The zero-order valence-corrected chi connectivity index (χ0v) is 12.3. The Balaban J connectivity index is 0.00000400. The Bertz CT molecular complexity index is 494. The maximum absolute atomic E-state index is 11.5. The molecule has 0 amide bonds. The van der Waals surface area contributed by atoms with Gasteiger partial charge in [0.05, 0.1) is 0 Å². The highest BCUT2D eigenvalue weighted by atomic mass is 35.5. The largest absolute Gasteiger partial charge is 0.504 e. The Morgan fingerprint density at radius 3 is 2.38 bits per heavy atom. The number of rotatable bonds is 6. The van der Waals surface area contributed by atoms with E-state index in [9.17, 15) is 14.7 Å². The minimum absolute atomic E-state index is 0. The molecule has 0 fully saturated rings. The van der Waals surface area contributed by atoms with Crippen LogP contribution in [-0.2, 0) is 25.5 Å². The van der Waals surface area contributed by atoms with Gasteiger partial charge in [0.15, 0.2) is 11.5 Å². The molecule has 1 aromatic carbocycles. The Morgan fingerprint density at radius 2 is 1.81 bits per heavy atom. The molecule has 1 rings (SSSR count). The standard InChI is InChI=1S/C13H17NO6.ClH/c1-8(15)19-4-5-20-13(18)10(14)6-9-2-3-11(16)12(17)7-9;/h2-3,7,10,16-17H,4-6,14H2,1H3;1H/t10-;/m0./s1. The third-order valence-electron chi connectivity index (χ3n) is 2.43. The van der Waals surface area contributed by atoms with E-state index in [4.69, 9.17) is 15.6 Å². The molecule has 0 saturated carbocycles. The topological polar surface area (TPSA) is 119 Å². The first-order valence-electron chi connectivity index (χ1n) is 5.96. The molecule has 1 atom stereocenters. The molecule has 4 N–H and O–H groups in total. The van der Waals surface area contributed by atoms with Crippen LogP contribution in [0.4, 0.5) is 0 Å². The fraction of sp³-hybridized carbons (Fsp3) is 0.385. The van der Waals surface area contributed by atoms with E-state index in [0.29, 0.717) is 5.56 Å². The lowest BCUT2D eigenvalue weighted by Gasteiger charge is -2.12. The molecular weight excluding hydrogens is 302 g/mol. The van der Waals surface area contributed by atoms with Crippen molar-refractivity contribution in [2.75, 3.05) is 13.2 Å². The van der Waals surface area contributed by atoms with Crippen LogP contribution in [0.3, 0.4) is 0 Å². The second-order valence-electron chi connectivity index (χ2n) is 4.14. The van der Waals surface area contributed by atoms with Gasteiger partial charge in [0.25, 0.3) is 0 Å². The number of carbonyl (C=O) groups excluding carboxylic acids is 2. The van der Waals surface area contributed by atoms with Gasteiger partial charge in [-0.05, 0) is 24.1 Å². The van der Waals surface area contributed by atoms with Crippen molar-refractivity contribution in [3.8, 4) is 11.5 Å². The molecule has 0 aliphatic carbocycles. The van der Waals surface area contributed by atoms with Crippen molar-refractivity contribution in [2.24, 2.45) is 5.73 Å². The number of phenols is 2. The normalized spacial score (nSPS) is 11.1. The van der Waals surface area contributed by atoms with E-state index >= 15 is 0 Å². The lowest BCUT2D eigenvalue weighted by Crippen LogP contribution is -2.35. The number of benzene rings is 1. The van der Waals surface area contributed by atoms with Crippen molar-refractivity contribution in [1.82, 2.24) is 0 Å². The number of hydrogen-bond acceptors (Lipinski definition) is 7. The molecular formula is C13H18ClNO6. The van der Waals surface area contributed by atoms with Crippen LogP contribution in [0.25, 0.3) is 0 Å². The smallest absolute Gasteiger partial charge is 0.323 e. The molecule has 118 valence electrons. The molecule has 7 nitrogen and oxygen atoms in total. The first-order valence-corrected chi connectivity index (χ1v) is 5.96. The van der Waals surface area contributed by atoms with Gasteiger partial charge in [-0.3, -0.25) is 9.59 Å². The second kappa shape index (κ2) is 9.04. The van der Waals surface area contributed by atoms with Crippen LogP contribution in [0.1, 0.15) is 12.5 Å². The molecule has 0 spiro atoms. The highest BCUT2D eigenvalue weighted by molar-refractivity contribution is 5.85. The van der Waals surface area contributed by atoms with Gasteiger partial charge in [-0.15, -0.1) is 12.4 Å². The molecule has 8 heteroatoms. The van der Waals surface area contributed by atoms with Gasteiger partial charge in [-0.2, -0.15) is 0 Å². The number of hydrogen-bond donors (Lipinski definition) is 3. The summed E-state index contributed by atoms with van der Waals surface area (Å²) in [6.07, 6.45) is 0.153. The van der Waals surface area contributed by atoms with E-state index < -0.39 is 18.0 Å². The fourth-order valence-electron chi connectivity index (χ4n) is 1.47. The van der Waals surface area contributed by atoms with Crippen LogP contribution in [0.2, 0.25) is 0 Å². The summed E-state index contributed by atoms with van der Waals surface area (Å²) in [4.78, 5) is 22.0. The average Bonchev–Trinajstić information content (AvgIpc) is 2.38. The summed E-state index contributed by atoms with van der Waals surface area (Å²) in [5.74, 6) is -1.61. The lowest BCUT2D eigenvalue weighted by molar-refractivity contribution is -0.151. The van der Waals surface area contributed by atoms with Gasteiger partial charge in [-0.25, -0.2) is 0 Å². The number of esters is 2. The number of nitrogens with two attached hydrogens (primary N) is 1. The van der Waals surface area contributed by atoms with Crippen LogP contribution in [0, 0.1) is 0 Å².